The van der Waals surface area contributed by atoms with Gasteiger partial charge in [-0.1, -0.05) is 41.9 Å². The molecule has 3 heteroatoms. The smallest absolute Gasteiger partial charge is 0.0858 e. The normalized spacial score (nSPS) is 22.5. The fourth-order valence-corrected chi connectivity index (χ4v) is 3.54. The van der Waals surface area contributed by atoms with Crippen LogP contribution in [0, 0.1) is 17.8 Å². The molecule has 0 saturated heterocycles. The maximum atomic E-state index is 10.9. The van der Waals surface area contributed by atoms with Crippen molar-refractivity contribution >= 4 is 15.9 Å². The first-order valence-corrected chi connectivity index (χ1v) is 8.23. The van der Waals surface area contributed by atoms with Gasteiger partial charge in [0.15, 0.2) is 0 Å². The molecule has 1 aliphatic carbocycles. The first-order chi connectivity index (χ1) is 9.30. The largest absolute Gasteiger partial charge is 0.388 e. The third-order valence-electron chi connectivity index (χ3n) is 5.10. The average Bonchev–Trinajstić information content (AvgIpc) is 2.42. The summed E-state index contributed by atoms with van der Waals surface area (Å²) in [5.74, 6) is 0. The number of aliphatic hydroxyl groups is 1. The van der Waals surface area contributed by atoms with Crippen LogP contribution in [0.5, 0.6) is 0 Å². The van der Waals surface area contributed by atoms with E-state index in [-0.39, 0.29) is 5.41 Å². The fraction of sp³-hybridized carbons (Fsp3) is 0.647. The average molecular weight is 340 g/mol. The first kappa shape index (κ1) is 16.0. The van der Waals surface area contributed by atoms with Crippen molar-refractivity contribution in [3.8, 4) is 0 Å². The van der Waals surface area contributed by atoms with E-state index >= 15 is 0 Å². The van der Waals surface area contributed by atoms with Crippen LogP contribution in [0.2, 0.25) is 0 Å². The molecule has 0 amide bonds. The summed E-state index contributed by atoms with van der Waals surface area (Å²) in [5, 5.41) is 10.9. The van der Waals surface area contributed by atoms with E-state index in [2.05, 4.69) is 42.8 Å². The molecule has 112 valence electrons. The van der Waals surface area contributed by atoms with Gasteiger partial charge in [0.1, 0.15) is 0 Å². The minimum atomic E-state index is -0.472. The van der Waals surface area contributed by atoms with Crippen LogP contribution in [0.3, 0.4) is 0 Å². The third kappa shape index (κ3) is 3.10. The number of benzene rings is 1. The summed E-state index contributed by atoms with van der Waals surface area (Å²) in [6, 6.07) is 6.12. The summed E-state index contributed by atoms with van der Waals surface area (Å²) in [4.78, 5) is 0. The second-order valence-electron chi connectivity index (χ2n) is 7.14. The van der Waals surface area contributed by atoms with E-state index in [9.17, 15) is 5.11 Å². The van der Waals surface area contributed by atoms with Gasteiger partial charge in [-0.3, -0.25) is 0 Å². The zero-order valence-electron chi connectivity index (χ0n) is 12.7. The van der Waals surface area contributed by atoms with Gasteiger partial charge in [0.05, 0.1) is 6.10 Å². The summed E-state index contributed by atoms with van der Waals surface area (Å²) < 4.78 is 1.05. The molecule has 0 aliphatic heterocycles. The van der Waals surface area contributed by atoms with Crippen LogP contribution in [0.4, 0.5) is 0 Å². The number of hydrogen-bond acceptors (Lipinski definition) is 2. The standard InChI is InChI=1S/C17H26BrNO/c1-12-4-5-13(10-14(12)18)15(20)17(11-19)8-6-16(2,3)7-9-17/h4-5,10,15,20H,6-9,11,19H2,1-3H3. The molecule has 0 aromatic heterocycles. The van der Waals surface area contributed by atoms with Gasteiger partial charge < -0.3 is 10.8 Å². The molecule has 2 nitrogen and oxygen atoms in total. The van der Waals surface area contributed by atoms with Crippen molar-refractivity contribution in [2.45, 2.75) is 52.6 Å². The molecular formula is C17H26BrNO. The van der Waals surface area contributed by atoms with Crippen LogP contribution in [0.1, 0.15) is 56.8 Å². The number of halogens is 1. The summed E-state index contributed by atoms with van der Waals surface area (Å²) >= 11 is 3.55. The van der Waals surface area contributed by atoms with Crippen LogP contribution >= 0.6 is 15.9 Å². The zero-order valence-corrected chi connectivity index (χ0v) is 14.3. The Bertz CT molecular complexity index is 474. The van der Waals surface area contributed by atoms with Crippen molar-refractivity contribution in [1.29, 1.82) is 0 Å². The predicted molar refractivity (Wildman–Crippen MR) is 87.6 cm³/mol. The highest BCUT2D eigenvalue weighted by atomic mass is 79.9. The third-order valence-corrected chi connectivity index (χ3v) is 5.95. The SMILES string of the molecule is Cc1ccc(C(O)C2(CN)CCC(C)(C)CC2)cc1Br. The molecule has 1 fully saturated rings. The number of aliphatic hydroxyl groups excluding tert-OH is 1. The van der Waals surface area contributed by atoms with Gasteiger partial charge in [-0.15, -0.1) is 0 Å². The second-order valence-corrected chi connectivity index (χ2v) is 8.00. The Balaban J connectivity index is 2.25. The number of nitrogens with two attached hydrogens (primary N) is 1. The van der Waals surface area contributed by atoms with E-state index in [0.29, 0.717) is 12.0 Å². The Morgan fingerprint density at radius 3 is 2.35 bits per heavy atom. The van der Waals surface area contributed by atoms with Crippen LogP contribution in [0.15, 0.2) is 22.7 Å². The molecule has 0 bridgehead atoms. The van der Waals surface area contributed by atoms with Crippen molar-refractivity contribution in [3.05, 3.63) is 33.8 Å². The summed E-state index contributed by atoms with van der Waals surface area (Å²) in [5.41, 5.74) is 8.45. The molecule has 0 heterocycles. The summed E-state index contributed by atoms with van der Waals surface area (Å²) in [6.45, 7) is 7.22. The van der Waals surface area contributed by atoms with Gasteiger partial charge in [0.2, 0.25) is 0 Å². The molecular weight excluding hydrogens is 314 g/mol. The van der Waals surface area contributed by atoms with Crippen LogP contribution in [0.25, 0.3) is 0 Å². The topological polar surface area (TPSA) is 46.2 Å². The monoisotopic (exact) mass is 339 g/mol. The highest BCUT2D eigenvalue weighted by molar-refractivity contribution is 9.10. The zero-order chi connectivity index (χ0) is 15.0. The Morgan fingerprint density at radius 1 is 1.25 bits per heavy atom. The molecule has 1 aliphatic rings. The highest BCUT2D eigenvalue weighted by Crippen LogP contribution is 2.50. The van der Waals surface area contributed by atoms with E-state index in [1.807, 2.05) is 12.1 Å². The van der Waals surface area contributed by atoms with Crippen LogP contribution in [-0.4, -0.2) is 11.7 Å². The number of rotatable bonds is 3. The maximum Gasteiger partial charge on any atom is 0.0858 e. The molecule has 0 radical (unpaired) electrons. The van der Waals surface area contributed by atoms with Gasteiger partial charge in [-0.05, 0) is 55.2 Å². The van der Waals surface area contributed by atoms with Gasteiger partial charge >= 0.3 is 0 Å². The quantitative estimate of drug-likeness (QED) is 0.860. The van der Waals surface area contributed by atoms with E-state index in [1.165, 1.54) is 5.56 Å². The Kier molecular flexibility index (Phi) is 4.63. The Hall–Kier alpha value is -0.380. The number of aryl methyl sites for hydroxylation is 1. The van der Waals surface area contributed by atoms with Gasteiger partial charge in [0, 0.05) is 16.4 Å². The lowest BCUT2D eigenvalue weighted by Crippen LogP contribution is -2.41. The lowest BCUT2D eigenvalue weighted by Gasteiger charge is -2.46. The van der Waals surface area contributed by atoms with Crippen molar-refractivity contribution in [3.63, 3.8) is 0 Å². The van der Waals surface area contributed by atoms with E-state index in [4.69, 9.17) is 5.73 Å². The molecule has 1 aromatic rings. The van der Waals surface area contributed by atoms with E-state index in [1.54, 1.807) is 0 Å². The maximum absolute atomic E-state index is 10.9. The van der Waals surface area contributed by atoms with Gasteiger partial charge in [0.25, 0.3) is 0 Å². The number of hydrogen-bond donors (Lipinski definition) is 2. The van der Waals surface area contributed by atoms with Crippen molar-refractivity contribution in [1.82, 2.24) is 0 Å². The molecule has 2 rings (SSSR count). The summed E-state index contributed by atoms with van der Waals surface area (Å²) in [7, 11) is 0. The van der Waals surface area contributed by atoms with Gasteiger partial charge in [-0.2, -0.15) is 0 Å². The molecule has 1 saturated carbocycles. The van der Waals surface area contributed by atoms with E-state index in [0.717, 1.165) is 35.7 Å². The van der Waals surface area contributed by atoms with Crippen molar-refractivity contribution in [2.75, 3.05) is 6.54 Å². The van der Waals surface area contributed by atoms with Crippen LogP contribution in [-0.2, 0) is 0 Å². The second kappa shape index (κ2) is 5.78. The Labute approximate surface area is 130 Å². The molecule has 3 N–H and O–H groups in total. The predicted octanol–water partition coefficient (Wildman–Crippen LogP) is 4.34. The lowest BCUT2D eigenvalue weighted by atomic mass is 9.62. The molecule has 1 aromatic carbocycles. The Morgan fingerprint density at radius 2 is 1.85 bits per heavy atom. The minimum absolute atomic E-state index is 0.162. The molecule has 20 heavy (non-hydrogen) atoms. The molecule has 0 spiro atoms. The highest BCUT2D eigenvalue weighted by Gasteiger charge is 2.43. The first-order valence-electron chi connectivity index (χ1n) is 7.44. The fourth-order valence-electron chi connectivity index (χ4n) is 3.15. The molecule has 1 atom stereocenters. The van der Waals surface area contributed by atoms with E-state index < -0.39 is 6.10 Å². The van der Waals surface area contributed by atoms with Crippen molar-refractivity contribution in [2.24, 2.45) is 16.6 Å². The minimum Gasteiger partial charge on any atom is -0.388 e. The summed E-state index contributed by atoms with van der Waals surface area (Å²) in [6.07, 6.45) is 3.80. The lowest BCUT2D eigenvalue weighted by molar-refractivity contribution is -0.0236. The molecule has 1 unspecified atom stereocenters. The van der Waals surface area contributed by atoms with Crippen LogP contribution < -0.4 is 5.73 Å². The van der Waals surface area contributed by atoms with Gasteiger partial charge in [-0.25, -0.2) is 0 Å². The van der Waals surface area contributed by atoms with Crippen molar-refractivity contribution < 1.29 is 5.11 Å².